The number of thiazole rings is 1. The van der Waals surface area contributed by atoms with E-state index in [0.29, 0.717) is 23.1 Å². The zero-order chi connectivity index (χ0) is 23.8. The summed E-state index contributed by atoms with van der Waals surface area (Å²) in [5.41, 5.74) is 4.63. The Morgan fingerprint density at radius 2 is 2.03 bits per heavy atom. The standard InChI is InChI=1S/C25H24N4O4S/c1-15-11-19(16(2)28(15)12-18-7-6-10-32-18)20-14-34-25(26-20)27-24(31)23-13-29(17(3)30)21-8-4-5-9-22(21)33-23/h4-11,14,23H,12-13H2,1-3H3,(H,26,27,31)/t23-/m0/s1. The first-order valence-electron chi connectivity index (χ1n) is 10.9. The molecule has 1 aromatic carbocycles. The van der Waals surface area contributed by atoms with E-state index in [1.165, 1.54) is 18.3 Å². The summed E-state index contributed by atoms with van der Waals surface area (Å²) in [7, 11) is 0. The smallest absolute Gasteiger partial charge is 0.269 e. The van der Waals surface area contributed by atoms with Crippen molar-refractivity contribution in [2.45, 2.75) is 33.4 Å². The average Bonchev–Trinajstić information content (AvgIpc) is 3.56. The van der Waals surface area contributed by atoms with Crippen LogP contribution in [0.3, 0.4) is 0 Å². The average molecular weight is 477 g/mol. The number of para-hydroxylation sites is 2. The number of aromatic nitrogens is 2. The van der Waals surface area contributed by atoms with Crippen molar-refractivity contribution in [1.29, 1.82) is 0 Å². The lowest BCUT2D eigenvalue weighted by atomic mass is 10.2. The summed E-state index contributed by atoms with van der Waals surface area (Å²) in [4.78, 5) is 31.3. The van der Waals surface area contributed by atoms with Crippen LogP contribution in [0.2, 0.25) is 0 Å². The van der Waals surface area contributed by atoms with Crippen molar-refractivity contribution in [3.63, 3.8) is 0 Å². The third-order valence-corrected chi connectivity index (χ3v) is 6.68. The van der Waals surface area contributed by atoms with Crippen molar-refractivity contribution in [2.75, 3.05) is 16.8 Å². The fourth-order valence-corrected chi connectivity index (χ4v) is 4.89. The van der Waals surface area contributed by atoms with Crippen LogP contribution in [-0.2, 0) is 16.1 Å². The van der Waals surface area contributed by atoms with Crippen LogP contribution in [-0.4, -0.2) is 34.0 Å². The second-order valence-corrected chi connectivity index (χ2v) is 9.04. The van der Waals surface area contributed by atoms with Crippen LogP contribution in [0.25, 0.3) is 11.3 Å². The second-order valence-electron chi connectivity index (χ2n) is 8.18. The maximum absolute atomic E-state index is 13.0. The highest BCUT2D eigenvalue weighted by molar-refractivity contribution is 7.14. The molecule has 34 heavy (non-hydrogen) atoms. The molecule has 0 saturated carbocycles. The molecule has 5 rings (SSSR count). The molecule has 0 fully saturated rings. The Morgan fingerprint density at radius 1 is 1.21 bits per heavy atom. The van der Waals surface area contributed by atoms with Crippen LogP contribution in [0.5, 0.6) is 5.75 Å². The maximum atomic E-state index is 13.0. The van der Waals surface area contributed by atoms with E-state index >= 15 is 0 Å². The number of ether oxygens (including phenoxy) is 1. The number of nitrogens with zero attached hydrogens (tertiary/aromatic N) is 3. The fraction of sp³-hybridized carbons (Fsp3) is 0.240. The number of carbonyl (C=O) groups is 2. The molecule has 3 aromatic heterocycles. The minimum atomic E-state index is -0.829. The fourth-order valence-electron chi connectivity index (χ4n) is 4.17. The molecule has 0 radical (unpaired) electrons. The van der Waals surface area contributed by atoms with Crippen molar-refractivity contribution in [3.8, 4) is 17.0 Å². The van der Waals surface area contributed by atoms with Crippen LogP contribution < -0.4 is 15.0 Å². The van der Waals surface area contributed by atoms with E-state index in [2.05, 4.69) is 20.9 Å². The molecule has 0 aliphatic carbocycles. The van der Waals surface area contributed by atoms with Crippen molar-refractivity contribution in [1.82, 2.24) is 9.55 Å². The molecule has 1 aliphatic heterocycles. The molecule has 0 saturated heterocycles. The first-order valence-corrected chi connectivity index (χ1v) is 11.8. The highest BCUT2D eigenvalue weighted by Crippen LogP contribution is 2.34. The van der Waals surface area contributed by atoms with Gasteiger partial charge in [-0.2, -0.15) is 0 Å². The largest absolute Gasteiger partial charge is 0.476 e. The lowest BCUT2D eigenvalue weighted by Gasteiger charge is -2.33. The van der Waals surface area contributed by atoms with E-state index in [9.17, 15) is 9.59 Å². The Morgan fingerprint density at radius 3 is 2.79 bits per heavy atom. The summed E-state index contributed by atoms with van der Waals surface area (Å²) in [6.45, 7) is 6.36. The maximum Gasteiger partial charge on any atom is 0.269 e. The normalized spacial score (nSPS) is 15.0. The Balaban J connectivity index is 1.32. The molecule has 4 aromatic rings. The van der Waals surface area contributed by atoms with Gasteiger partial charge in [-0.3, -0.25) is 14.9 Å². The van der Waals surface area contributed by atoms with Gasteiger partial charge in [-0.05, 0) is 44.2 Å². The summed E-state index contributed by atoms with van der Waals surface area (Å²) in [5.74, 6) is 0.904. The van der Waals surface area contributed by atoms with Crippen LogP contribution in [0.1, 0.15) is 24.1 Å². The number of hydrogen-bond acceptors (Lipinski definition) is 6. The summed E-state index contributed by atoms with van der Waals surface area (Å²) in [6.07, 6.45) is 0.842. The van der Waals surface area contributed by atoms with Gasteiger partial charge in [0.25, 0.3) is 5.91 Å². The van der Waals surface area contributed by atoms with Gasteiger partial charge in [0.15, 0.2) is 11.2 Å². The van der Waals surface area contributed by atoms with E-state index in [1.807, 2.05) is 43.5 Å². The predicted octanol–water partition coefficient (Wildman–Crippen LogP) is 4.62. The van der Waals surface area contributed by atoms with Crippen molar-refractivity contribution in [2.24, 2.45) is 0 Å². The lowest BCUT2D eigenvalue weighted by Crippen LogP contribution is -2.48. The number of amides is 2. The van der Waals surface area contributed by atoms with Gasteiger partial charge in [0.05, 0.1) is 30.7 Å². The number of hydrogen-bond donors (Lipinski definition) is 1. The first kappa shape index (κ1) is 22.0. The van der Waals surface area contributed by atoms with E-state index in [1.54, 1.807) is 23.3 Å². The first-order chi connectivity index (χ1) is 16.4. The monoisotopic (exact) mass is 476 g/mol. The molecular weight excluding hydrogens is 452 g/mol. The number of aryl methyl sites for hydroxylation is 1. The number of fused-ring (bicyclic) bond motifs is 1. The third-order valence-electron chi connectivity index (χ3n) is 5.92. The van der Waals surface area contributed by atoms with Crippen LogP contribution in [0, 0.1) is 13.8 Å². The Kier molecular flexibility index (Phi) is 5.70. The van der Waals surface area contributed by atoms with Gasteiger partial charge < -0.3 is 18.6 Å². The van der Waals surface area contributed by atoms with Gasteiger partial charge in [-0.1, -0.05) is 12.1 Å². The molecule has 8 nitrogen and oxygen atoms in total. The minimum Gasteiger partial charge on any atom is -0.476 e. The van der Waals surface area contributed by atoms with Gasteiger partial charge in [-0.15, -0.1) is 11.3 Å². The number of rotatable bonds is 5. The van der Waals surface area contributed by atoms with E-state index in [0.717, 1.165) is 28.4 Å². The van der Waals surface area contributed by atoms with Gasteiger partial charge >= 0.3 is 0 Å². The molecular formula is C25H24N4O4S. The minimum absolute atomic E-state index is 0.143. The van der Waals surface area contributed by atoms with E-state index in [4.69, 9.17) is 9.15 Å². The Bertz CT molecular complexity index is 1360. The number of nitrogens with one attached hydrogen (secondary N) is 1. The van der Waals surface area contributed by atoms with Crippen LogP contribution >= 0.6 is 11.3 Å². The van der Waals surface area contributed by atoms with Crippen molar-refractivity contribution in [3.05, 3.63) is 71.3 Å². The third kappa shape index (κ3) is 4.10. The van der Waals surface area contributed by atoms with Gasteiger partial charge in [0.2, 0.25) is 5.91 Å². The number of carbonyl (C=O) groups excluding carboxylic acids is 2. The van der Waals surface area contributed by atoms with E-state index in [-0.39, 0.29) is 18.4 Å². The van der Waals surface area contributed by atoms with Crippen LogP contribution in [0.15, 0.2) is 58.5 Å². The number of anilines is 2. The molecule has 4 heterocycles. The summed E-state index contributed by atoms with van der Waals surface area (Å²) in [5, 5.41) is 5.26. The summed E-state index contributed by atoms with van der Waals surface area (Å²) >= 11 is 1.35. The second kappa shape index (κ2) is 8.83. The predicted molar refractivity (Wildman–Crippen MR) is 130 cm³/mol. The van der Waals surface area contributed by atoms with Crippen LogP contribution in [0.4, 0.5) is 10.8 Å². The molecule has 174 valence electrons. The molecule has 0 unspecified atom stereocenters. The van der Waals surface area contributed by atoms with E-state index < -0.39 is 6.10 Å². The Labute approximate surface area is 200 Å². The number of benzene rings is 1. The molecule has 9 heteroatoms. The molecule has 1 N–H and O–H groups in total. The summed E-state index contributed by atoms with van der Waals surface area (Å²) in [6, 6.07) is 13.1. The highest BCUT2D eigenvalue weighted by atomic mass is 32.1. The van der Waals surface area contributed by atoms with Crippen molar-refractivity contribution >= 4 is 34.0 Å². The van der Waals surface area contributed by atoms with Gasteiger partial charge in [-0.25, -0.2) is 4.98 Å². The molecule has 1 aliphatic rings. The van der Waals surface area contributed by atoms with Gasteiger partial charge in [0.1, 0.15) is 11.5 Å². The highest BCUT2D eigenvalue weighted by Gasteiger charge is 2.33. The summed E-state index contributed by atoms with van der Waals surface area (Å²) < 4.78 is 13.6. The van der Waals surface area contributed by atoms with Gasteiger partial charge in [0, 0.05) is 29.3 Å². The molecule has 0 spiro atoms. The lowest BCUT2D eigenvalue weighted by molar-refractivity contribution is -0.123. The molecule has 2 amide bonds. The quantitative estimate of drug-likeness (QED) is 0.454. The SMILES string of the molecule is CC(=O)N1C[C@@H](C(=O)Nc2nc(-c3cc(C)n(Cc4ccco4)c3C)cs2)Oc2ccccc21. The zero-order valence-electron chi connectivity index (χ0n) is 19.1. The zero-order valence-corrected chi connectivity index (χ0v) is 19.9. The topological polar surface area (TPSA) is 89.6 Å². The molecule has 1 atom stereocenters. The molecule has 0 bridgehead atoms. The Hall–Kier alpha value is -3.85. The van der Waals surface area contributed by atoms with Crippen molar-refractivity contribution < 1.29 is 18.7 Å². The number of furan rings is 1.